The number of nitrogens with zero attached hydrogens (tertiary/aromatic N) is 1. The fourth-order valence-electron chi connectivity index (χ4n) is 5.57. The summed E-state index contributed by atoms with van der Waals surface area (Å²) in [7, 11) is 0. The number of rotatable bonds is 1. The lowest BCUT2D eigenvalue weighted by molar-refractivity contribution is 0.0492. The highest BCUT2D eigenvalue weighted by Crippen LogP contribution is 2.75. The fraction of sp³-hybridized carbons (Fsp3) is 0.333. The predicted molar refractivity (Wildman–Crippen MR) is 89.6 cm³/mol. The lowest BCUT2D eigenvalue weighted by Crippen LogP contribution is -2.54. The van der Waals surface area contributed by atoms with Gasteiger partial charge in [0.2, 0.25) is 0 Å². The topological polar surface area (TPSA) is 12.5 Å². The zero-order chi connectivity index (χ0) is 15.0. The van der Waals surface area contributed by atoms with Crippen LogP contribution in [0.5, 0.6) is 0 Å². The second-order valence-corrected chi connectivity index (χ2v) is 7.15. The molecule has 3 unspecified atom stereocenters. The van der Waals surface area contributed by atoms with Gasteiger partial charge in [0.15, 0.2) is 0 Å². The van der Waals surface area contributed by atoms with E-state index in [0.29, 0.717) is 11.8 Å². The van der Waals surface area contributed by atoms with Crippen molar-refractivity contribution < 1.29 is 4.74 Å². The Kier molecular flexibility index (Phi) is 2.19. The maximum absolute atomic E-state index is 5.57. The van der Waals surface area contributed by atoms with E-state index in [4.69, 9.17) is 4.74 Å². The quantitative estimate of drug-likeness (QED) is 0.800. The molecule has 0 amide bonds. The Bertz CT molecular complexity index is 848. The number of hydrogen-bond donors (Lipinski definition) is 0. The number of allylic oxidation sites excluding steroid dienone is 2. The average Bonchev–Trinajstić information content (AvgIpc) is 2.86. The van der Waals surface area contributed by atoms with Crippen LogP contribution in [0.25, 0.3) is 0 Å². The molecule has 2 nitrogen and oxygen atoms in total. The van der Waals surface area contributed by atoms with E-state index < -0.39 is 0 Å². The highest BCUT2D eigenvalue weighted by molar-refractivity contribution is 5.75. The van der Waals surface area contributed by atoms with E-state index in [0.717, 1.165) is 26.3 Å². The second kappa shape index (κ2) is 4.07. The van der Waals surface area contributed by atoms with Crippen molar-refractivity contribution in [3.05, 3.63) is 82.6 Å². The first-order valence-electron chi connectivity index (χ1n) is 8.65. The van der Waals surface area contributed by atoms with Crippen LogP contribution in [-0.4, -0.2) is 31.2 Å². The van der Waals surface area contributed by atoms with Crippen molar-refractivity contribution in [2.24, 2.45) is 0 Å². The Balaban J connectivity index is 1.55. The Hall–Kier alpha value is -2.06. The first-order chi connectivity index (χ1) is 11.4. The van der Waals surface area contributed by atoms with Gasteiger partial charge in [-0.05, 0) is 22.3 Å². The highest BCUT2D eigenvalue weighted by Gasteiger charge is 2.68. The van der Waals surface area contributed by atoms with E-state index in [9.17, 15) is 0 Å². The first kappa shape index (κ1) is 12.4. The summed E-state index contributed by atoms with van der Waals surface area (Å²) in [5, 5.41) is 0. The van der Waals surface area contributed by atoms with E-state index in [2.05, 4.69) is 59.5 Å². The van der Waals surface area contributed by atoms with E-state index in [1.807, 2.05) is 0 Å². The van der Waals surface area contributed by atoms with E-state index in [1.165, 1.54) is 5.56 Å². The molecule has 1 heterocycles. The molecule has 2 heteroatoms. The number of benzene rings is 2. The summed E-state index contributed by atoms with van der Waals surface area (Å²) in [6.45, 7) is 3.78. The molecule has 0 N–H and O–H groups in total. The average molecular weight is 301 g/mol. The molecule has 3 atom stereocenters. The summed E-state index contributed by atoms with van der Waals surface area (Å²) in [4.78, 5) is 2.57. The van der Waals surface area contributed by atoms with Crippen LogP contribution in [-0.2, 0) is 10.2 Å². The molecule has 3 aliphatic carbocycles. The summed E-state index contributed by atoms with van der Waals surface area (Å²) >= 11 is 0. The summed E-state index contributed by atoms with van der Waals surface area (Å²) < 4.78 is 5.57. The normalized spacial score (nSPS) is 32.7. The Morgan fingerprint density at radius 2 is 1.52 bits per heavy atom. The van der Waals surface area contributed by atoms with Crippen LogP contribution >= 0.6 is 0 Å². The first-order valence-corrected chi connectivity index (χ1v) is 8.65. The van der Waals surface area contributed by atoms with Crippen LogP contribution in [0.4, 0.5) is 0 Å². The molecule has 1 aliphatic heterocycles. The number of hydrogen-bond acceptors (Lipinski definition) is 2. The van der Waals surface area contributed by atoms with Gasteiger partial charge in [-0.15, -0.1) is 0 Å². The molecule has 1 fully saturated rings. The lowest BCUT2D eigenvalue weighted by atomic mass is 9.43. The summed E-state index contributed by atoms with van der Waals surface area (Å²) in [5.74, 6) is 1.12. The predicted octanol–water partition coefficient (Wildman–Crippen LogP) is 3.40. The van der Waals surface area contributed by atoms with Crippen molar-refractivity contribution in [3.63, 3.8) is 0 Å². The number of morpholine rings is 1. The van der Waals surface area contributed by atoms with Crippen molar-refractivity contribution in [1.82, 2.24) is 4.90 Å². The molecule has 114 valence electrons. The molecule has 2 aromatic rings. The summed E-state index contributed by atoms with van der Waals surface area (Å²) in [5.41, 5.74) is 7.99. The third-order valence-electron chi connectivity index (χ3n) is 6.41. The van der Waals surface area contributed by atoms with Crippen LogP contribution in [0.2, 0.25) is 0 Å². The van der Waals surface area contributed by atoms with Gasteiger partial charge in [0.05, 0.1) is 13.2 Å². The van der Waals surface area contributed by atoms with Crippen LogP contribution in [0.15, 0.2) is 60.3 Å². The summed E-state index contributed by atoms with van der Waals surface area (Å²) in [6, 6.07) is 18.1. The van der Waals surface area contributed by atoms with Gasteiger partial charge in [-0.2, -0.15) is 0 Å². The zero-order valence-corrected chi connectivity index (χ0v) is 13.0. The third kappa shape index (κ3) is 1.24. The Labute approximate surface area is 136 Å². The second-order valence-electron chi connectivity index (χ2n) is 7.15. The van der Waals surface area contributed by atoms with Crippen LogP contribution in [0.1, 0.15) is 34.1 Å². The van der Waals surface area contributed by atoms with Gasteiger partial charge in [0.25, 0.3) is 0 Å². The smallest absolute Gasteiger partial charge is 0.0642 e. The molecule has 0 saturated carbocycles. The molecule has 0 aromatic heterocycles. The molecule has 0 bridgehead atoms. The molecular formula is C21H19NO. The zero-order valence-electron chi connectivity index (χ0n) is 13.0. The van der Waals surface area contributed by atoms with E-state index in [1.54, 1.807) is 22.4 Å². The van der Waals surface area contributed by atoms with Crippen molar-refractivity contribution in [3.8, 4) is 0 Å². The molecule has 1 saturated heterocycles. The van der Waals surface area contributed by atoms with Crippen molar-refractivity contribution in [1.29, 1.82) is 0 Å². The number of fused-ring (bicyclic) bond motifs is 4. The van der Waals surface area contributed by atoms with Gasteiger partial charge in [-0.1, -0.05) is 54.6 Å². The minimum absolute atomic E-state index is 0.237. The standard InChI is InChI=1S/C21H19NO/c1-3-7-16-14(5-1)18-13-19(22-9-11-23-12-10-22)20-15-6-2-4-8-17(15)21(16,18)20/h1-8,13,18,20H,9-12H2. The molecule has 4 aliphatic rings. The summed E-state index contributed by atoms with van der Waals surface area (Å²) in [6.07, 6.45) is 2.57. The molecule has 23 heavy (non-hydrogen) atoms. The third-order valence-corrected chi connectivity index (χ3v) is 6.41. The van der Waals surface area contributed by atoms with E-state index >= 15 is 0 Å². The van der Waals surface area contributed by atoms with Gasteiger partial charge in [0.1, 0.15) is 0 Å². The maximum Gasteiger partial charge on any atom is 0.0642 e. The SMILES string of the molecule is C1=C(N2CCOCC2)C2c3ccccc3C23c2ccccc2C13. The van der Waals surface area contributed by atoms with Crippen molar-refractivity contribution >= 4 is 0 Å². The Morgan fingerprint density at radius 3 is 2.30 bits per heavy atom. The van der Waals surface area contributed by atoms with Crippen molar-refractivity contribution in [2.45, 2.75) is 17.3 Å². The Morgan fingerprint density at radius 1 is 0.870 bits per heavy atom. The van der Waals surface area contributed by atoms with Gasteiger partial charge >= 0.3 is 0 Å². The minimum Gasteiger partial charge on any atom is -0.378 e. The monoisotopic (exact) mass is 301 g/mol. The van der Waals surface area contributed by atoms with Gasteiger partial charge in [0, 0.05) is 36.0 Å². The minimum atomic E-state index is 0.237. The molecule has 2 aromatic carbocycles. The molecule has 1 spiro atoms. The van der Waals surface area contributed by atoms with Crippen LogP contribution < -0.4 is 0 Å². The van der Waals surface area contributed by atoms with Gasteiger partial charge in [-0.3, -0.25) is 0 Å². The largest absolute Gasteiger partial charge is 0.378 e. The maximum atomic E-state index is 5.57. The molecular weight excluding hydrogens is 282 g/mol. The lowest BCUT2D eigenvalue weighted by Gasteiger charge is -2.59. The molecule has 0 radical (unpaired) electrons. The van der Waals surface area contributed by atoms with Crippen molar-refractivity contribution in [2.75, 3.05) is 26.3 Å². The van der Waals surface area contributed by atoms with E-state index in [-0.39, 0.29) is 5.41 Å². The molecule has 6 rings (SSSR count). The van der Waals surface area contributed by atoms with Crippen LogP contribution in [0, 0.1) is 0 Å². The van der Waals surface area contributed by atoms with Gasteiger partial charge in [-0.25, -0.2) is 0 Å². The van der Waals surface area contributed by atoms with Crippen LogP contribution in [0.3, 0.4) is 0 Å². The fourth-order valence-corrected chi connectivity index (χ4v) is 5.57. The highest BCUT2D eigenvalue weighted by atomic mass is 16.5. The van der Waals surface area contributed by atoms with Gasteiger partial charge < -0.3 is 9.64 Å². The number of ether oxygens (including phenoxy) is 1.